The van der Waals surface area contributed by atoms with Crippen molar-refractivity contribution in [3.8, 4) is 17.1 Å². The zero-order chi connectivity index (χ0) is 23.3. The van der Waals surface area contributed by atoms with E-state index in [0.29, 0.717) is 24.8 Å². The number of carbonyl (C=O) groups is 1. The number of anilines is 1. The molecular formula is C25H31N7O2. The van der Waals surface area contributed by atoms with Crippen molar-refractivity contribution in [2.45, 2.75) is 44.6 Å². The lowest BCUT2D eigenvalue weighted by atomic mass is 9.88. The summed E-state index contributed by atoms with van der Waals surface area (Å²) >= 11 is 0. The summed E-state index contributed by atoms with van der Waals surface area (Å²) in [5.41, 5.74) is 0.931. The highest BCUT2D eigenvalue weighted by atomic mass is 16.5. The lowest BCUT2D eigenvalue weighted by Gasteiger charge is -2.34. The van der Waals surface area contributed by atoms with Crippen LogP contribution in [0.2, 0.25) is 0 Å². The molecule has 2 fully saturated rings. The summed E-state index contributed by atoms with van der Waals surface area (Å²) in [5, 5.41) is 4.80. The minimum atomic E-state index is 0.0804. The van der Waals surface area contributed by atoms with E-state index in [4.69, 9.17) is 14.8 Å². The quantitative estimate of drug-likeness (QED) is 0.557. The lowest BCUT2D eigenvalue weighted by molar-refractivity contribution is -0.132. The van der Waals surface area contributed by atoms with E-state index in [1.54, 1.807) is 19.5 Å². The number of amides is 1. The topological polar surface area (TPSA) is 89.3 Å². The molecule has 0 N–H and O–H groups in total. The Morgan fingerprint density at radius 2 is 1.71 bits per heavy atom. The molecule has 3 aromatic rings. The van der Waals surface area contributed by atoms with Gasteiger partial charge in [0, 0.05) is 50.1 Å². The first kappa shape index (κ1) is 22.3. The maximum atomic E-state index is 13.2. The number of nitrogens with zero attached hydrogens (tertiary/aromatic N) is 7. The van der Waals surface area contributed by atoms with Crippen LogP contribution in [-0.4, -0.2) is 68.8 Å². The fraction of sp³-hybridized carbons (Fsp3) is 0.480. The molecule has 3 heterocycles. The molecule has 1 amide bonds. The molecule has 1 saturated heterocycles. The van der Waals surface area contributed by atoms with Gasteiger partial charge < -0.3 is 14.5 Å². The van der Waals surface area contributed by atoms with Gasteiger partial charge in [0.05, 0.1) is 7.11 Å². The van der Waals surface area contributed by atoms with Crippen molar-refractivity contribution in [3.05, 3.63) is 48.5 Å². The summed E-state index contributed by atoms with van der Waals surface area (Å²) in [6.07, 6.45) is 9.37. The Morgan fingerprint density at radius 3 is 2.38 bits per heavy atom. The van der Waals surface area contributed by atoms with Crippen molar-refractivity contribution in [1.29, 1.82) is 0 Å². The molecule has 2 aliphatic rings. The van der Waals surface area contributed by atoms with Crippen LogP contribution in [-0.2, 0) is 11.3 Å². The van der Waals surface area contributed by atoms with Crippen LogP contribution in [0.3, 0.4) is 0 Å². The normalized spacial score (nSPS) is 17.1. The number of piperazine rings is 1. The van der Waals surface area contributed by atoms with E-state index >= 15 is 0 Å². The third kappa shape index (κ3) is 4.88. The van der Waals surface area contributed by atoms with Gasteiger partial charge in [-0.05, 0) is 43.2 Å². The highest BCUT2D eigenvalue weighted by molar-refractivity contribution is 5.76. The lowest BCUT2D eigenvalue weighted by Crippen LogP contribution is -2.50. The predicted octanol–water partition coefficient (Wildman–Crippen LogP) is 3.14. The Morgan fingerprint density at radius 1 is 1.00 bits per heavy atom. The third-order valence-electron chi connectivity index (χ3n) is 6.77. The van der Waals surface area contributed by atoms with E-state index in [9.17, 15) is 4.79 Å². The first-order valence-electron chi connectivity index (χ1n) is 12.1. The molecule has 2 aromatic heterocycles. The molecule has 1 aliphatic heterocycles. The molecule has 178 valence electrons. The Bertz CT molecular complexity index is 1090. The van der Waals surface area contributed by atoms with Crippen molar-refractivity contribution < 1.29 is 9.53 Å². The second kappa shape index (κ2) is 10.2. The van der Waals surface area contributed by atoms with E-state index in [-0.39, 0.29) is 12.5 Å². The van der Waals surface area contributed by atoms with Gasteiger partial charge in [0.15, 0.2) is 5.82 Å². The SMILES string of the molecule is COc1ccc(-c2nc(C3CCCCC3)n(CC(=O)N3CCN(c4ncccn4)CC3)n2)cc1. The van der Waals surface area contributed by atoms with Gasteiger partial charge in [-0.25, -0.2) is 19.6 Å². The van der Waals surface area contributed by atoms with Gasteiger partial charge in [0.2, 0.25) is 11.9 Å². The van der Waals surface area contributed by atoms with Crippen molar-refractivity contribution in [2.24, 2.45) is 0 Å². The van der Waals surface area contributed by atoms with E-state index in [0.717, 1.165) is 49.0 Å². The van der Waals surface area contributed by atoms with Gasteiger partial charge in [-0.2, -0.15) is 5.10 Å². The van der Waals surface area contributed by atoms with Crippen molar-refractivity contribution in [1.82, 2.24) is 29.6 Å². The predicted molar refractivity (Wildman–Crippen MR) is 129 cm³/mol. The average Bonchev–Trinajstić information content (AvgIpc) is 3.33. The summed E-state index contributed by atoms with van der Waals surface area (Å²) in [6, 6.07) is 9.58. The molecule has 9 nitrogen and oxygen atoms in total. The molecule has 9 heteroatoms. The largest absolute Gasteiger partial charge is 0.497 e. The fourth-order valence-corrected chi connectivity index (χ4v) is 4.83. The molecule has 0 bridgehead atoms. The molecule has 34 heavy (non-hydrogen) atoms. The highest BCUT2D eigenvalue weighted by Gasteiger charge is 2.27. The van der Waals surface area contributed by atoms with Gasteiger partial charge in [-0.1, -0.05) is 19.3 Å². The van der Waals surface area contributed by atoms with Crippen LogP contribution >= 0.6 is 0 Å². The zero-order valence-corrected chi connectivity index (χ0v) is 19.6. The Labute approximate surface area is 199 Å². The van der Waals surface area contributed by atoms with Crippen molar-refractivity contribution in [3.63, 3.8) is 0 Å². The van der Waals surface area contributed by atoms with Gasteiger partial charge in [0.1, 0.15) is 18.1 Å². The summed E-state index contributed by atoms with van der Waals surface area (Å²) in [4.78, 5) is 30.9. The third-order valence-corrected chi connectivity index (χ3v) is 6.77. The summed E-state index contributed by atoms with van der Waals surface area (Å²) in [5.74, 6) is 3.56. The molecule has 1 saturated carbocycles. The minimum absolute atomic E-state index is 0.0804. The molecule has 1 aliphatic carbocycles. The van der Waals surface area contributed by atoms with Crippen LogP contribution < -0.4 is 9.64 Å². The summed E-state index contributed by atoms with van der Waals surface area (Å²) < 4.78 is 7.13. The number of aromatic nitrogens is 5. The zero-order valence-electron chi connectivity index (χ0n) is 19.6. The molecule has 0 unspecified atom stereocenters. The van der Waals surface area contributed by atoms with Crippen LogP contribution in [0.1, 0.15) is 43.8 Å². The van der Waals surface area contributed by atoms with E-state index in [2.05, 4.69) is 14.9 Å². The van der Waals surface area contributed by atoms with E-state index in [1.807, 2.05) is 39.9 Å². The maximum Gasteiger partial charge on any atom is 0.244 e. The smallest absolute Gasteiger partial charge is 0.244 e. The van der Waals surface area contributed by atoms with Crippen LogP contribution in [0.25, 0.3) is 11.4 Å². The van der Waals surface area contributed by atoms with E-state index in [1.165, 1.54) is 19.3 Å². The number of ether oxygens (including phenoxy) is 1. The van der Waals surface area contributed by atoms with Gasteiger partial charge >= 0.3 is 0 Å². The van der Waals surface area contributed by atoms with Gasteiger partial charge in [-0.15, -0.1) is 0 Å². The molecule has 1 aromatic carbocycles. The number of methoxy groups -OCH3 is 1. The van der Waals surface area contributed by atoms with Crippen LogP contribution in [0.4, 0.5) is 5.95 Å². The van der Waals surface area contributed by atoms with Crippen molar-refractivity contribution >= 4 is 11.9 Å². The van der Waals surface area contributed by atoms with Crippen LogP contribution in [0, 0.1) is 0 Å². The molecule has 0 radical (unpaired) electrons. The standard InChI is InChI=1S/C25H31N7O2/c1-34-21-10-8-19(9-11-21)23-28-24(20-6-3-2-4-7-20)32(29-23)18-22(33)30-14-16-31(17-15-30)25-26-12-5-13-27-25/h5,8-13,20H,2-4,6-7,14-18H2,1H3. The highest BCUT2D eigenvalue weighted by Crippen LogP contribution is 2.33. The number of hydrogen-bond acceptors (Lipinski definition) is 7. The average molecular weight is 462 g/mol. The monoisotopic (exact) mass is 461 g/mol. The number of rotatable bonds is 6. The second-order valence-corrected chi connectivity index (χ2v) is 8.93. The molecular weight excluding hydrogens is 430 g/mol. The van der Waals surface area contributed by atoms with Crippen molar-refractivity contribution in [2.75, 3.05) is 38.2 Å². The first-order chi connectivity index (χ1) is 16.7. The first-order valence-corrected chi connectivity index (χ1v) is 12.1. The Kier molecular flexibility index (Phi) is 6.69. The maximum absolute atomic E-state index is 13.2. The number of carbonyl (C=O) groups excluding carboxylic acids is 1. The summed E-state index contributed by atoms with van der Waals surface area (Å²) in [7, 11) is 1.65. The molecule has 0 atom stereocenters. The summed E-state index contributed by atoms with van der Waals surface area (Å²) in [6.45, 7) is 2.96. The molecule has 5 rings (SSSR count). The Hall–Kier alpha value is -3.49. The van der Waals surface area contributed by atoms with Gasteiger partial charge in [-0.3, -0.25) is 4.79 Å². The number of benzene rings is 1. The molecule has 0 spiro atoms. The number of hydrogen-bond donors (Lipinski definition) is 0. The van der Waals surface area contributed by atoms with Crippen LogP contribution in [0.15, 0.2) is 42.7 Å². The van der Waals surface area contributed by atoms with Crippen LogP contribution in [0.5, 0.6) is 5.75 Å². The van der Waals surface area contributed by atoms with Gasteiger partial charge in [0.25, 0.3) is 0 Å². The second-order valence-electron chi connectivity index (χ2n) is 8.93. The van der Waals surface area contributed by atoms with E-state index < -0.39 is 0 Å². The Balaban J connectivity index is 1.31. The fourth-order valence-electron chi connectivity index (χ4n) is 4.83. The minimum Gasteiger partial charge on any atom is -0.497 e.